The van der Waals surface area contributed by atoms with Gasteiger partial charge in [-0.3, -0.25) is 0 Å². The zero-order chi connectivity index (χ0) is 25.6. The minimum atomic E-state index is -0.350. The molecular weight excluding hydrogens is 496 g/mol. The van der Waals surface area contributed by atoms with E-state index in [1.807, 2.05) is 54.6 Å². The van der Waals surface area contributed by atoms with Gasteiger partial charge in [-0.2, -0.15) is 0 Å². The van der Waals surface area contributed by atoms with Crippen molar-refractivity contribution in [2.24, 2.45) is 0 Å². The van der Waals surface area contributed by atoms with Crippen LogP contribution in [0.1, 0.15) is 27.0 Å². The molecule has 1 aromatic heterocycles. The number of benzene rings is 3. The van der Waals surface area contributed by atoms with Gasteiger partial charge in [-0.25, -0.2) is 0 Å². The van der Waals surface area contributed by atoms with E-state index in [-0.39, 0.29) is 40.3 Å². The zero-order valence-corrected chi connectivity index (χ0v) is 22.1. The number of rotatable bonds is 10. The molecule has 1 unspecified atom stereocenters. The summed E-state index contributed by atoms with van der Waals surface area (Å²) >= 11 is 0. The maximum atomic E-state index is 6.79. The Morgan fingerprint density at radius 1 is 0.658 bits per heavy atom. The average Bonchev–Trinajstić information content (AvgIpc) is 3.46. The van der Waals surface area contributed by atoms with Crippen molar-refractivity contribution in [3.63, 3.8) is 0 Å². The quantitative estimate of drug-likeness (QED) is 0.216. The van der Waals surface area contributed by atoms with Crippen LogP contribution in [-0.2, 0) is 50.1 Å². The Kier molecular flexibility index (Phi) is 8.26. The Morgan fingerprint density at radius 2 is 1.24 bits per heavy atom. The fraction of sp³-hybridized carbons (Fsp3) is 0.312. The van der Waals surface area contributed by atoms with E-state index in [9.17, 15) is 0 Å². The smallest absolute Gasteiger partial charge is 0.268 e. The second-order valence-electron chi connectivity index (χ2n) is 9.68. The molecule has 6 rings (SSSR count). The fourth-order valence-corrected chi connectivity index (χ4v) is 7.20. The summed E-state index contributed by atoms with van der Waals surface area (Å²) in [5, 5.41) is 2.25. The molecule has 0 N–H and O–H groups in total. The van der Waals surface area contributed by atoms with Crippen LogP contribution in [0.4, 0.5) is 0 Å². The molecule has 196 valence electrons. The lowest BCUT2D eigenvalue weighted by Gasteiger charge is -2.44. The van der Waals surface area contributed by atoms with Crippen LogP contribution in [0.2, 0.25) is 0 Å². The summed E-state index contributed by atoms with van der Waals surface area (Å²) in [6, 6.07) is 35.0. The first-order chi connectivity index (χ1) is 18.8. The van der Waals surface area contributed by atoms with E-state index < -0.39 is 0 Å². The molecule has 0 bridgehead atoms. The summed E-state index contributed by atoms with van der Waals surface area (Å²) in [6.45, 7) is 2.45. The molecule has 1 fully saturated rings. The van der Waals surface area contributed by atoms with Gasteiger partial charge in [0.25, 0.3) is 5.44 Å². The average molecular weight is 530 g/mol. The maximum absolute atomic E-state index is 6.79. The summed E-state index contributed by atoms with van der Waals surface area (Å²) < 4.78 is 32.7. The van der Waals surface area contributed by atoms with Gasteiger partial charge >= 0.3 is 0 Å². The van der Waals surface area contributed by atoms with E-state index in [0.29, 0.717) is 33.0 Å². The lowest BCUT2D eigenvalue weighted by molar-refractivity contribution is -0.267. The summed E-state index contributed by atoms with van der Waals surface area (Å²) in [5.74, 6) is 0. The highest BCUT2D eigenvalue weighted by Crippen LogP contribution is 2.50. The topological polar surface area (TPSA) is 46.2 Å². The molecule has 6 heteroatoms. The van der Waals surface area contributed by atoms with E-state index in [1.54, 1.807) is 0 Å². The number of thiophene rings is 1. The predicted molar refractivity (Wildman–Crippen MR) is 148 cm³/mol. The lowest BCUT2D eigenvalue weighted by Crippen LogP contribution is -2.58. The highest BCUT2D eigenvalue weighted by molar-refractivity contribution is 7.30. The highest BCUT2D eigenvalue weighted by Gasteiger charge is 2.55. The Bertz CT molecular complexity index is 1260. The molecule has 2 aliphatic rings. The van der Waals surface area contributed by atoms with Crippen LogP contribution in [0.3, 0.4) is 0 Å². The van der Waals surface area contributed by atoms with Crippen molar-refractivity contribution in [1.29, 1.82) is 0 Å². The summed E-state index contributed by atoms with van der Waals surface area (Å²) in [6.07, 6.45) is -1.18. The van der Waals surface area contributed by atoms with Gasteiger partial charge in [-0.05, 0) is 22.8 Å². The highest BCUT2D eigenvalue weighted by atomic mass is 32.2. The minimum absolute atomic E-state index is 0.128. The van der Waals surface area contributed by atoms with Gasteiger partial charge in [0.2, 0.25) is 0 Å². The van der Waals surface area contributed by atoms with Crippen LogP contribution in [0.5, 0.6) is 0 Å². The summed E-state index contributed by atoms with van der Waals surface area (Å²) in [7, 11) is -0.145. The van der Waals surface area contributed by atoms with Gasteiger partial charge in [0.1, 0.15) is 30.3 Å². The minimum Gasteiger partial charge on any atom is -0.374 e. The van der Waals surface area contributed by atoms with Gasteiger partial charge < -0.3 is 23.7 Å². The van der Waals surface area contributed by atoms with Crippen LogP contribution in [0.25, 0.3) is 0 Å². The second-order valence-corrected chi connectivity index (χ2v) is 11.7. The molecule has 0 spiro atoms. The predicted octanol–water partition coefficient (Wildman–Crippen LogP) is 6.62. The van der Waals surface area contributed by atoms with Gasteiger partial charge in [0.15, 0.2) is 11.0 Å². The van der Waals surface area contributed by atoms with Crippen molar-refractivity contribution in [1.82, 2.24) is 0 Å². The molecule has 3 heterocycles. The number of fused-ring (bicyclic) bond motifs is 3. The van der Waals surface area contributed by atoms with Gasteiger partial charge in [0, 0.05) is 16.5 Å². The van der Waals surface area contributed by atoms with E-state index in [1.165, 1.54) is 4.88 Å². The van der Waals surface area contributed by atoms with E-state index >= 15 is 0 Å². The first kappa shape index (κ1) is 25.4. The van der Waals surface area contributed by atoms with Crippen molar-refractivity contribution >= 4 is 10.5 Å². The molecule has 38 heavy (non-hydrogen) atoms. The molecule has 0 amide bonds. The molecular formula is C32H33O5S+. The molecule has 4 aromatic rings. The van der Waals surface area contributed by atoms with Gasteiger partial charge in [-0.15, -0.1) is 0 Å². The number of hydrogen-bond donors (Lipinski definition) is 0. The Balaban J connectivity index is 1.26. The van der Waals surface area contributed by atoms with Crippen molar-refractivity contribution in [3.05, 3.63) is 130 Å². The fourth-order valence-electron chi connectivity index (χ4n) is 5.10. The van der Waals surface area contributed by atoms with Gasteiger partial charge in [-0.1, -0.05) is 91.0 Å². The third kappa shape index (κ3) is 5.91. The Labute approximate surface area is 226 Å². The molecule has 6 atom stereocenters. The van der Waals surface area contributed by atoms with Crippen molar-refractivity contribution in [3.8, 4) is 0 Å². The van der Waals surface area contributed by atoms with E-state index in [4.69, 9.17) is 23.7 Å². The van der Waals surface area contributed by atoms with Gasteiger partial charge in [0.05, 0.1) is 26.4 Å². The summed E-state index contributed by atoms with van der Waals surface area (Å²) in [4.78, 5) is 1.28. The second kappa shape index (κ2) is 12.3. The monoisotopic (exact) mass is 529 g/mol. The lowest BCUT2D eigenvalue weighted by atomic mass is 9.99. The molecule has 0 aliphatic carbocycles. The molecule has 1 saturated heterocycles. The third-order valence-corrected chi connectivity index (χ3v) is 9.22. The van der Waals surface area contributed by atoms with E-state index in [0.717, 1.165) is 16.7 Å². The number of ether oxygens (including phenoxy) is 5. The Hall–Kier alpha value is -2.84. The number of hydrogen-bond acceptors (Lipinski definition) is 5. The van der Waals surface area contributed by atoms with Crippen LogP contribution in [-0.4, -0.2) is 31.0 Å². The first-order valence-corrected chi connectivity index (χ1v) is 14.5. The molecule has 3 aromatic carbocycles. The standard InChI is InChI=1S/C32H33O5S/c1-4-11-24(12-5-1)19-33-23-28-29(34-20-25-13-6-2-7-14-25)30(35-21-26-15-8-3-9-16-26)31-32(37-28)38-18-10-17-27(38)22-36-31/h1-18,28-32H,19-23H2/q+1/t28-,29-,30+,31-,32+,38?/m1/s1. The largest absolute Gasteiger partial charge is 0.374 e. The van der Waals surface area contributed by atoms with Crippen LogP contribution >= 0.6 is 10.5 Å². The van der Waals surface area contributed by atoms with Crippen molar-refractivity contribution in [2.45, 2.75) is 56.3 Å². The summed E-state index contributed by atoms with van der Waals surface area (Å²) in [5.41, 5.74) is 3.23. The van der Waals surface area contributed by atoms with E-state index in [2.05, 4.69) is 53.9 Å². The molecule has 5 nitrogen and oxygen atoms in total. The normalized spacial score (nSPS) is 24.9. The maximum Gasteiger partial charge on any atom is 0.268 e. The van der Waals surface area contributed by atoms with Crippen LogP contribution < -0.4 is 0 Å². The zero-order valence-electron chi connectivity index (χ0n) is 21.3. The molecule has 0 radical (unpaired) electrons. The van der Waals surface area contributed by atoms with Crippen molar-refractivity contribution in [2.75, 3.05) is 6.61 Å². The van der Waals surface area contributed by atoms with Crippen LogP contribution in [0.15, 0.2) is 109 Å². The molecule has 0 saturated carbocycles. The Morgan fingerprint density at radius 3 is 1.87 bits per heavy atom. The van der Waals surface area contributed by atoms with Crippen LogP contribution in [0, 0.1) is 0 Å². The SMILES string of the molecule is c1ccc(COC[C@H]2O[C@@H]3[C@H](OCc4ccc[s+]43)[C@@H](OCc3ccccc3)[C@@H]2OCc2ccccc2)cc1. The molecule has 2 aliphatic heterocycles. The van der Waals surface area contributed by atoms with Crippen molar-refractivity contribution < 1.29 is 23.7 Å². The third-order valence-electron chi connectivity index (χ3n) is 7.03. The first-order valence-electron chi connectivity index (χ1n) is 13.1.